The number of hydroxylamine groups is 1. The van der Waals surface area contributed by atoms with Crippen molar-refractivity contribution >= 4 is 0 Å². The quantitative estimate of drug-likeness (QED) is 0.374. The van der Waals surface area contributed by atoms with Crippen molar-refractivity contribution in [2.24, 2.45) is 0 Å². The van der Waals surface area contributed by atoms with Crippen molar-refractivity contribution in [3.63, 3.8) is 0 Å². The molecule has 0 rings (SSSR count). The molecule has 0 radical (unpaired) electrons. The summed E-state index contributed by atoms with van der Waals surface area (Å²) in [5, 5.41) is 9.47. The van der Waals surface area contributed by atoms with Crippen LogP contribution in [0.4, 0.5) is 0 Å². The molecule has 0 aromatic heterocycles. The zero-order valence-corrected chi connectivity index (χ0v) is 11.0. The van der Waals surface area contributed by atoms with E-state index < -0.39 is 6.10 Å². The Labute approximate surface area is 103 Å². The molecule has 6 nitrogen and oxygen atoms in total. The fourth-order valence-corrected chi connectivity index (χ4v) is 0.973. The van der Waals surface area contributed by atoms with Crippen molar-refractivity contribution in [3.05, 3.63) is 0 Å². The molecule has 104 valence electrons. The molecule has 0 bridgehead atoms. The fourth-order valence-electron chi connectivity index (χ4n) is 0.973. The first kappa shape index (κ1) is 16.8. The molecule has 1 unspecified atom stereocenters. The van der Waals surface area contributed by atoms with Gasteiger partial charge >= 0.3 is 0 Å². The highest BCUT2D eigenvalue weighted by Gasteiger charge is 2.03. The average Bonchev–Trinajstić information content (AvgIpc) is 2.28. The zero-order valence-electron chi connectivity index (χ0n) is 11.0. The van der Waals surface area contributed by atoms with Crippen molar-refractivity contribution in [1.29, 1.82) is 0 Å². The summed E-state index contributed by atoms with van der Waals surface area (Å²) in [6, 6.07) is 0. The second kappa shape index (κ2) is 12.2. The van der Waals surface area contributed by atoms with E-state index >= 15 is 0 Å². The van der Waals surface area contributed by atoms with Crippen LogP contribution in [-0.2, 0) is 19.0 Å². The molecule has 0 fully saturated rings. The molecule has 6 heteroatoms. The minimum Gasteiger partial charge on any atom is -0.389 e. The minimum absolute atomic E-state index is 0.208. The summed E-state index contributed by atoms with van der Waals surface area (Å²) in [7, 11) is 1.60. The monoisotopic (exact) mass is 251 g/mol. The number of aliphatic hydroxyl groups is 1. The number of rotatable bonds is 12. The number of aliphatic hydroxyl groups excluding tert-OH is 1. The maximum atomic E-state index is 9.47. The Morgan fingerprint density at radius 1 is 1.12 bits per heavy atom. The van der Waals surface area contributed by atoms with Crippen LogP contribution in [0.1, 0.15) is 13.8 Å². The third-order valence-corrected chi connectivity index (χ3v) is 1.80. The first-order chi connectivity index (χ1) is 8.16. The first-order valence-electron chi connectivity index (χ1n) is 5.87. The van der Waals surface area contributed by atoms with Gasteiger partial charge in [-0.15, -0.1) is 0 Å². The van der Waals surface area contributed by atoms with E-state index in [4.69, 9.17) is 19.0 Å². The van der Waals surface area contributed by atoms with Gasteiger partial charge in [-0.25, -0.2) is 0 Å². The molecule has 0 aliphatic rings. The van der Waals surface area contributed by atoms with Crippen LogP contribution in [0.5, 0.6) is 0 Å². The average molecular weight is 251 g/mol. The predicted molar refractivity (Wildman–Crippen MR) is 63.7 cm³/mol. The molecule has 0 aromatic rings. The highest BCUT2D eigenvalue weighted by molar-refractivity contribution is 4.53. The molecule has 0 aliphatic carbocycles. The summed E-state index contributed by atoms with van der Waals surface area (Å²) in [6.45, 7) is 6.53. The SMILES string of the molecule is COCCONCC(O)COCCOC(C)C. The highest BCUT2D eigenvalue weighted by atomic mass is 16.7. The van der Waals surface area contributed by atoms with Gasteiger partial charge in [0.15, 0.2) is 0 Å². The molecule has 17 heavy (non-hydrogen) atoms. The lowest BCUT2D eigenvalue weighted by atomic mass is 10.4. The lowest BCUT2D eigenvalue weighted by Gasteiger charge is -2.13. The molecule has 0 heterocycles. The number of hydrogen-bond donors (Lipinski definition) is 2. The third kappa shape index (κ3) is 13.7. The van der Waals surface area contributed by atoms with Gasteiger partial charge in [0.05, 0.1) is 45.2 Å². The molecule has 0 amide bonds. The minimum atomic E-state index is -0.586. The summed E-state index contributed by atoms with van der Waals surface area (Å²) in [5.41, 5.74) is 2.64. The van der Waals surface area contributed by atoms with Crippen molar-refractivity contribution in [3.8, 4) is 0 Å². The Balaban J connectivity index is 3.14. The van der Waals surface area contributed by atoms with Crippen molar-refractivity contribution in [2.75, 3.05) is 46.7 Å². The molecule has 0 aliphatic heterocycles. The van der Waals surface area contributed by atoms with E-state index in [1.165, 1.54) is 0 Å². The smallest absolute Gasteiger partial charge is 0.0920 e. The summed E-state index contributed by atoms with van der Waals surface area (Å²) in [6.07, 6.45) is -0.379. The maximum absolute atomic E-state index is 9.47. The van der Waals surface area contributed by atoms with Crippen molar-refractivity contribution < 1.29 is 24.2 Å². The number of nitrogens with one attached hydrogen (secondary N) is 1. The Hall–Kier alpha value is -0.240. The molecule has 1 atom stereocenters. The van der Waals surface area contributed by atoms with E-state index in [2.05, 4.69) is 5.48 Å². The van der Waals surface area contributed by atoms with E-state index in [1.54, 1.807) is 7.11 Å². The summed E-state index contributed by atoms with van der Waals surface area (Å²) in [4.78, 5) is 4.99. The molecular formula is C11H25NO5. The van der Waals surface area contributed by atoms with Crippen LogP contribution in [0, 0.1) is 0 Å². The number of methoxy groups -OCH3 is 1. The van der Waals surface area contributed by atoms with Gasteiger partial charge in [-0.05, 0) is 13.8 Å². The van der Waals surface area contributed by atoms with Gasteiger partial charge in [0.2, 0.25) is 0 Å². The standard InChI is InChI=1S/C11H25NO5/c1-10(2)16-6-5-15-9-11(13)8-12-17-7-4-14-3/h10-13H,4-9H2,1-3H3. The van der Waals surface area contributed by atoms with E-state index in [0.717, 1.165) is 0 Å². The zero-order chi connectivity index (χ0) is 12.9. The Morgan fingerprint density at radius 3 is 2.53 bits per heavy atom. The van der Waals surface area contributed by atoms with E-state index in [0.29, 0.717) is 33.0 Å². The van der Waals surface area contributed by atoms with E-state index in [1.807, 2.05) is 13.8 Å². The summed E-state index contributed by atoms with van der Waals surface area (Å²) < 4.78 is 15.3. The first-order valence-corrected chi connectivity index (χ1v) is 5.87. The third-order valence-electron chi connectivity index (χ3n) is 1.80. The fraction of sp³-hybridized carbons (Fsp3) is 1.00. The Bertz CT molecular complexity index is 157. The maximum Gasteiger partial charge on any atom is 0.0920 e. The van der Waals surface area contributed by atoms with Crippen molar-refractivity contribution in [2.45, 2.75) is 26.1 Å². The van der Waals surface area contributed by atoms with Crippen LogP contribution < -0.4 is 5.48 Å². The molecule has 0 aromatic carbocycles. The summed E-state index contributed by atoms with van der Waals surface area (Å²) in [5.74, 6) is 0. The predicted octanol–water partition coefficient (Wildman–Crippen LogP) is -0.0435. The lowest BCUT2D eigenvalue weighted by Crippen LogP contribution is -2.31. The van der Waals surface area contributed by atoms with Crippen LogP contribution in [0.15, 0.2) is 0 Å². The largest absolute Gasteiger partial charge is 0.389 e. The second-order valence-corrected chi connectivity index (χ2v) is 3.84. The van der Waals surface area contributed by atoms with Crippen LogP contribution in [-0.4, -0.2) is 64.0 Å². The lowest BCUT2D eigenvalue weighted by molar-refractivity contribution is -0.0393. The second-order valence-electron chi connectivity index (χ2n) is 3.84. The van der Waals surface area contributed by atoms with E-state index in [9.17, 15) is 5.11 Å². The van der Waals surface area contributed by atoms with Gasteiger partial charge in [0.25, 0.3) is 0 Å². The summed E-state index contributed by atoms with van der Waals surface area (Å²) >= 11 is 0. The molecule has 0 saturated carbocycles. The van der Waals surface area contributed by atoms with Gasteiger partial charge in [-0.3, -0.25) is 4.84 Å². The van der Waals surface area contributed by atoms with Gasteiger partial charge in [0.1, 0.15) is 0 Å². The van der Waals surface area contributed by atoms with Gasteiger partial charge in [-0.1, -0.05) is 0 Å². The topological polar surface area (TPSA) is 69.2 Å². The van der Waals surface area contributed by atoms with Crippen LogP contribution >= 0.6 is 0 Å². The molecule has 2 N–H and O–H groups in total. The van der Waals surface area contributed by atoms with E-state index in [-0.39, 0.29) is 12.7 Å². The van der Waals surface area contributed by atoms with Crippen LogP contribution in [0.3, 0.4) is 0 Å². The molecule has 0 saturated heterocycles. The highest BCUT2D eigenvalue weighted by Crippen LogP contribution is 1.89. The van der Waals surface area contributed by atoms with Gasteiger partial charge in [0, 0.05) is 13.7 Å². The van der Waals surface area contributed by atoms with Crippen LogP contribution in [0.2, 0.25) is 0 Å². The Kier molecular flexibility index (Phi) is 12.1. The number of ether oxygens (including phenoxy) is 3. The van der Waals surface area contributed by atoms with Crippen molar-refractivity contribution in [1.82, 2.24) is 5.48 Å². The molecule has 0 spiro atoms. The van der Waals surface area contributed by atoms with Crippen LogP contribution in [0.25, 0.3) is 0 Å². The normalized spacial score (nSPS) is 13.2. The van der Waals surface area contributed by atoms with Gasteiger partial charge in [-0.2, -0.15) is 5.48 Å². The number of hydrogen-bond acceptors (Lipinski definition) is 6. The van der Waals surface area contributed by atoms with Gasteiger partial charge < -0.3 is 19.3 Å². The molecular weight excluding hydrogens is 226 g/mol. The Morgan fingerprint density at radius 2 is 1.88 bits per heavy atom.